The number of nitrogens with zero attached hydrogens (tertiary/aromatic N) is 1. The van der Waals surface area contributed by atoms with Crippen LogP contribution in [-0.4, -0.2) is 16.8 Å². The second-order valence-corrected chi connectivity index (χ2v) is 4.44. The van der Waals surface area contributed by atoms with Crippen molar-refractivity contribution in [3.05, 3.63) is 17.8 Å². The summed E-state index contributed by atoms with van der Waals surface area (Å²) in [7, 11) is 0. The van der Waals surface area contributed by atoms with Crippen molar-refractivity contribution in [2.24, 2.45) is 5.41 Å². The standard InChI is InChI=1S/C11H13N3O2/c1-6-4-7-8(12-5-6)14-10(16)11(2,3)9(15)13-7/h4-5H,1-3H3,(H,13,15)(H,12,14,16). The number of aromatic nitrogens is 1. The van der Waals surface area contributed by atoms with Gasteiger partial charge in [-0.3, -0.25) is 9.59 Å². The molecule has 0 bridgehead atoms. The third kappa shape index (κ3) is 1.54. The topological polar surface area (TPSA) is 71.1 Å². The molecule has 5 heteroatoms. The number of hydrogen-bond donors (Lipinski definition) is 2. The van der Waals surface area contributed by atoms with Crippen molar-refractivity contribution in [2.45, 2.75) is 20.8 Å². The first kappa shape index (κ1) is 10.6. The van der Waals surface area contributed by atoms with Gasteiger partial charge < -0.3 is 10.6 Å². The molecule has 5 nitrogen and oxygen atoms in total. The zero-order chi connectivity index (χ0) is 11.9. The Morgan fingerprint density at radius 1 is 1.19 bits per heavy atom. The molecule has 2 amide bonds. The van der Waals surface area contributed by atoms with Gasteiger partial charge in [-0.15, -0.1) is 0 Å². The van der Waals surface area contributed by atoms with Gasteiger partial charge in [0, 0.05) is 6.20 Å². The molecule has 0 unspecified atom stereocenters. The SMILES string of the molecule is Cc1cnc2c(c1)NC(=O)C(C)(C)C(=O)N2. The number of nitrogens with one attached hydrogen (secondary N) is 2. The minimum atomic E-state index is -1.09. The van der Waals surface area contributed by atoms with E-state index in [-0.39, 0.29) is 11.8 Å². The summed E-state index contributed by atoms with van der Waals surface area (Å²) in [5.41, 5.74) is 0.381. The van der Waals surface area contributed by atoms with Gasteiger partial charge in [-0.1, -0.05) is 0 Å². The second kappa shape index (κ2) is 3.30. The molecule has 1 aliphatic rings. The molecular weight excluding hydrogens is 206 g/mol. The molecule has 84 valence electrons. The summed E-state index contributed by atoms with van der Waals surface area (Å²) < 4.78 is 0. The van der Waals surface area contributed by atoms with Crippen LogP contribution < -0.4 is 10.6 Å². The van der Waals surface area contributed by atoms with Gasteiger partial charge in [0.1, 0.15) is 5.41 Å². The second-order valence-electron chi connectivity index (χ2n) is 4.44. The van der Waals surface area contributed by atoms with Crippen LogP contribution in [0.25, 0.3) is 0 Å². The number of carbonyl (C=O) groups excluding carboxylic acids is 2. The van der Waals surface area contributed by atoms with Gasteiger partial charge >= 0.3 is 0 Å². The van der Waals surface area contributed by atoms with E-state index in [1.54, 1.807) is 26.1 Å². The van der Waals surface area contributed by atoms with E-state index in [2.05, 4.69) is 15.6 Å². The fourth-order valence-electron chi connectivity index (χ4n) is 1.41. The predicted molar refractivity (Wildman–Crippen MR) is 60.0 cm³/mol. The highest BCUT2D eigenvalue weighted by molar-refractivity contribution is 6.17. The molecule has 1 aromatic heterocycles. The van der Waals surface area contributed by atoms with Gasteiger partial charge in [0.15, 0.2) is 5.82 Å². The van der Waals surface area contributed by atoms with Crippen molar-refractivity contribution in [1.29, 1.82) is 0 Å². The number of amides is 2. The zero-order valence-electron chi connectivity index (χ0n) is 9.42. The largest absolute Gasteiger partial charge is 0.322 e. The average molecular weight is 219 g/mol. The highest BCUT2D eigenvalue weighted by Crippen LogP contribution is 2.29. The van der Waals surface area contributed by atoms with Crippen LogP contribution in [0.5, 0.6) is 0 Å². The first-order chi connectivity index (χ1) is 7.41. The molecule has 0 fully saturated rings. The van der Waals surface area contributed by atoms with E-state index in [9.17, 15) is 9.59 Å². The number of hydrogen-bond acceptors (Lipinski definition) is 3. The smallest absolute Gasteiger partial charge is 0.240 e. The fraction of sp³-hybridized carbons (Fsp3) is 0.364. The van der Waals surface area contributed by atoms with E-state index in [0.29, 0.717) is 11.5 Å². The first-order valence-corrected chi connectivity index (χ1v) is 5.01. The molecule has 0 saturated carbocycles. The highest BCUT2D eigenvalue weighted by Gasteiger charge is 2.39. The van der Waals surface area contributed by atoms with Crippen LogP contribution in [0.3, 0.4) is 0 Å². The number of aryl methyl sites for hydroxylation is 1. The van der Waals surface area contributed by atoms with Gasteiger partial charge in [0.05, 0.1) is 5.69 Å². The molecule has 1 aliphatic heterocycles. The third-order valence-electron chi connectivity index (χ3n) is 2.64. The average Bonchev–Trinajstić information content (AvgIpc) is 2.27. The van der Waals surface area contributed by atoms with Gasteiger partial charge in [-0.05, 0) is 32.4 Å². The third-order valence-corrected chi connectivity index (χ3v) is 2.64. The van der Waals surface area contributed by atoms with Crippen LogP contribution in [0.15, 0.2) is 12.3 Å². The van der Waals surface area contributed by atoms with Crippen LogP contribution in [0.1, 0.15) is 19.4 Å². The van der Waals surface area contributed by atoms with Crippen molar-refractivity contribution in [3.63, 3.8) is 0 Å². The summed E-state index contributed by atoms with van der Waals surface area (Å²) in [6, 6.07) is 1.78. The summed E-state index contributed by atoms with van der Waals surface area (Å²) in [5.74, 6) is -0.272. The molecule has 16 heavy (non-hydrogen) atoms. The maximum absolute atomic E-state index is 11.8. The highest BCUT2D eigenvalue weighted by atomic mass is 16.2. The Hall–Kier alpha value is -1.91. The predicted octanol–water partition coefficient (Wildman–Crippen LogP) is 1.31. The Balaban J connectivity index is 2.51. The molecular formula is C11H13N3O2. The maximum Gasteiger partial charge on any atom is 0.240 e. The van der Waals surface area contributed by atoms with E-state index in [1.165, 1.54) is 0 Å². The van der Waals surface area contributed by atoms with Gasteiger partial charge in [-0.2, -0.15) is 0 Å². The number of pyridine rings is 1. The molecule has 0 aromatic carbocycles. The van der Waals surface area contributed by atoms with Crippen LogP contribution in [0.2, 0.25) is 0 Å². The zero-order valence-corrected chi connectivity index (χ0v) is 9.42. The van der Waals surface area contributed by atoms with Crippen LogP contribution in [0, 0.1) is 12.3 Å². The lowest BCUT2D eigenvalue weighted by atomic mass is 9.91. The van der Waals surface area contributed by atoms with E-state index >= 15 is 0 Å². The van der Waals surface area contributed by atoms with Crippen molar-refractivity contribution in [2.75, 3.05) is 10.6 Å². The monoisotopic (exact) mass is 219 g/mol. The Labute approximate surface area is 93.3 Å². The molecule has 2 N–H and O–H groups in total. The lowest BCUT2D eigenvalue weighted by molar-refractivity contribution is -0.134. The van der Waals surface area contributed by atoms with Crippen molar-refractivity contribution < 1.29 is 9.59 Å². The van der Waals surface area contributed by atoms with E-state index in [0.717, 1.165) is 5.56 Å². The Morgan fingerprint density at radius 3 is 2.50 bits per heavy atom. The van der Waals surface area contributed by atoms with E-state index in [1.807, 2.05) is 6.92 Å². The minimum Gasteiger partial charge on any atom is -0.322 e. The van der Waals surface area contributed by atoms with E-state index < -0.39 is 5.41 Å². The lowest BCUT2D eigenvalue weighted by Crippen LogP contribution is -2.39. The Morgan fingerprint density at radius 2 is 1.81 bits per heavy atom. The van der Waals surface area contributed by atoms with Crippen molar-refractivity contribution in [1.82, 2.24) is 4.98 Å². The summed E-state index contributed by atoms with van der Waals surface area (Å²) in [5, 5.41) is 5.34. The molecule has 0 spiro atoms. The molecule has 0 radical (unpaired) electrons. The number of rotatable bonds is 0. The normalized spacial score (nSPS) is 18.2. The molecule has 0 atom stereocenters. The molecule has 2 rings (SSSR count). The molecule has 0 aliphatic carbocycles. The molecule has 1 aromatic rings. The number of carbonyl (C=O) groups is 2. The fourth-order valence-corrected chi connectivity index (χ4v) is 1.41. The van der Waals surface area contributed by atoms with Crippen LogP contribution in [0.4, 0.5) is 11.5 Å². The van der Waals surface area contributed by atoms with Crippen LogP contribution in [-0.2, 0) is 9.59 Å². The Kier molecular flexibility index (Phi) is 2.18. The lowest BCUT2D eigenvalue weighted by Gasteiger charge is -2.17. The van der Waals surface area contributed by atoms with Crippen molar-refractivity contribution >= 4 is 23.3 Å². The van der Waals surface area contributed by atoms with Gasteiger partial charge in [0.25, 0.3) is 0 Å². The van der Waals surface area contributed by atoms with E-state index in [4.69, 9.17) is 0 Å². The van der Waals surface area contributed by atoms with Gasteiger partial charge in [0.2, 0.25) is 11.8 Å². The van der Waals surface area contributed by atoms with Crippen molar-refractivity contribution in [3.8, 4) is 0 Å². The summed E-state index contributed by atoms with van der Waals surface area (Å²) in [4.78, 5) is 27.7. The maximum atomic E-state index is 11.8. The Bertz CT molecular complexity index is 480. The molecule has 2 heterocycles. The minimum absolute atomic E-state index is 0.323. The van der Waals surface area contributed by atoms with Gasteiger partial charge in [-0.25, -0.2) is 4.98 Å². The molecule has 0 saturated heterocycles. The summed E-state index contributed by atoms with van der Waals surface area (Å²) in [6.07, 6.45) is 1.64. The first-order valence-electron chi connectivity index (χ1n) is 5.01. The number of anilines is 2. The summed E-state index contributed by atoms with van der Waals surface area (Å²) in [6.45, 7) is 5.03. The summed E-state index contributed by atoms with van der Waals surface area (Å²) >= 11 is 0. The number of fused-ring (bicyclic) bond motifs is 1. The quantitative estimate of drug-likeness (QED) is 0.646. The van der Waals surface area contributed by atoms with Crippen LogP contribution >= 0.6 is 0 Å².